The van der Waals surface area contributed by atoms with Crippen LogP contribution >= 0.6 is 15.9 Å². The van der Waals surface area contributed by atoms with E-state index < -0.39 is 35.9 Å². The van der Waals surface area contributed by atoms with Crippen molar-refractivity contribution in [3.8, 4) is 0 Å². The monoisotopic (exact) mass is 367 g/mol. The van der Waals surface area contributed by atoms with Gasteiger partial charge in [-0.05, 0) is 23.8 Å². The fraction of sp³-hybridized carbons (Fsp3) is 0.182. The standard InChI is InChI=1S/C11H6BrF4N3O2/c12-6-1-5(2-7(13)3-6)4-19-9(11(14,15)16)8(10(20)21)17-18-19/h1-3H,4H2,(H,20,21). The van der Waals surface area contributed by atoms with E-state index in [4.69, 9.17) is 5.11 Å². The number of hydrogen-bond acceptors (Lipinski definition) is 3. The van der Waals surface area contributed by atoms with Crippen LogP contribution < -0.4 is 0 Å². The van der Waals surface area contributed by atoms with Crippen molar-refractivity contribution in [1.82, 2.24) is 15.0 Å². The second-order valence-corrected chi connectivity index (χ2v) is 4.94. The number of carboxylic acid groups (broad SMARTS) is 1. The molecule has 0 aliphatic rings. The predicted octanol–water partition coefficient (Wildman–Crippen LogP) is 2.95. The van der Waals surface area contributed by atoms with Gasteiger partial charge in [0, 0.05) is 4.47 Å². The minimum Gasteiger partial charge on any atom is -0.476 e. The van der Waals surface area contributed by atoms with Gasteiger partial charge in [0.2, 0.25) is 5.69 Å². The zero-order chi connectivity index (χ0) is 15.8. The van der Waals surface area contributed by atoms with Crippen molar-refractivity contribution >= 4 is 21.9 Å². The molecule has 0 saturated carbocycles. The van der Waals surface area contributed by atoms with Gasteiger partial charge in [-0.2, -0.15) is 13.2 Å². The van der Waals surface area contributed by atoms with Gasteiger partial charge in [0.25, 0.3) is 0 Å². The molecule has 5 nitrogen and oxygen atoms in total. The smallest absolute Gasteiger partial charge is 0.435 e. The summed E-state index contributed by atoms with van der Waals surface area (Å²) in [7, 11) is 0. The third-order valence-electron chi connectivity index (χ3n) is 2.46. The Hall–Kier alpha value is -1.97. The number of carbonyl (C=O) groups is 1. The number of halogens is 5. The molecule has 112 valence electrons. The highest BCUT2D eigenvalue weighted by Gasteiger charge is 2.41. The van der Waals surface area contributed by atoms with Gasteiger partial charge in [-0.3, -0.25) is 0 Å². The molecule has 0 bridgehead atoms. The van der Waals surface area contributed by atoms with E-state index in [1.165, 1.54) is 6.07 Å². The Balaban J connectivity index is 2.47. The van der Waals surface area contributed by atoms with Crippen LogP contribution in [0.2, 0.25) is 0 Å². The molecule has 0 saturated heterocycles. The first-order chi connectivity index (χ1) is 9.68. The second kappa shape index (κ2) is 5.43. The fourth-order valence-corrected chi connectivity index (χ4v) is 2.24. The zero-order valence-corrected chi connectivity index (χ0v) is 11.6. The summed E-state index contributed by atoms with van der Waals surface area (Å²) in [4.78, 5) is 10.8. The van der Waals surface area contributed by atoms with Crippen molar-refractivity contribution in [3.63, 3.8) is 0 Å². The molecular formula is C11H6BrF4N3O2. The van der Waals surface area contributed by atoms with Crippen LogP contribution in [0.15, 0.2) is 22.7 Å². The fourth-order valence-electron chi connectivity index (χ4n) is 1.72. The molecule has 2 aromatic rings. The van der Waals surface area contributed by atoms with Gasteiger partial charge in [0.15, 0.2) is 5.69 Å². The van der Waals surface area contributed by atoms with Crippen molar-refractivity contribution < 1.29 is 27.5 Å². The first-order valence-electron chi connectivity index (χ1n) is 5.37. The Morgan fingerprint density at radius 2 is 2.00 bits per heavy atom. The van der Waals surface area contributed by atoms with Crippen LogP contribution in [-0.2, 0) is 12.7 Å². The summed E-state index contributed by atoms with van der Waals surface area (Å²) in [5.74, 6) is -2.49. The number of alkyl halides is 3. The first kappa shape index (κ1) is 15.4. The molecule has 1 aromatic heterocycles. The molecule has 1 aromatic carbocycles. The van der Waals surface area contributed by atoms with E-state index in [0.29, 0.717) is 9.15 Å². The second-order valence-electron chi connectivity index (χ2n) is 4.02. The molecule has 10 heteroatoms. The lowest BCUT2D eigenvalue weighted by molar-refractivity contribution is -0.144. The maximum atomic E-state index is 13.2. The van der Waals surface area contributed by atoms with E-state index in [-0.39, 0.29) is 5.56 Å². The summed E-state index contributed by atoms with van der Waals surface area (Å²) >= 11 is 3.01. The molecule has 1 N–H and O–H groups in total. The third kappa shape index (κ3) is 3.38. The van der Waals surface area contributed by atoms with E-state index in [2.05, 4.69) is 26.2 Å². The third-order valence-corrected chi connectivity index (χ3v) is 2.92. The van der Waals surface area contributed by atoms with Crippen LogP contribution in [0.1, 0.15) is 21.7 Å². The van der Waals surface area contributed by atoms with Crippen LogP contribution in [0, 0.1) is 5.82 Å². The van der Waals surface area contributed by atoms with Gasteiger partial charge in [0.1, 0.15) is 5.82 Å². The van der Waals surface area contributed by atoms with Crippen LogP contribution in [0.25, 0.3) is 0 Å². The van der Waals surface area contributed by atoms with Crippen molar-refractivity contribution in [2.24, 2.45) is 0 Å². The Morgan fingerprint density at radius 1 is 1.33 bits per heavy atom. The number of nitrogens with zero attached hydrogens (tertiary/aromatic N) is 3. The predicted molar refractivity (Wildman–Crippen MR) is 65.2 cm³/mol. The normalized spacial score (nSPS) is 11.7. The highest BCUT2D eigenvalue weighted by molar-refractivity contribution is 9.10. The molecule has 21 heavy (non-hydrogen) atoms. The highest BCUT2D eigenvalue weighted by atomic mass is 79.9. The Labute approximate surface area is 123 Å². The molecule has 0 unspecified atom stereocenters. The average molecular weight is 368 g/mol. The number of carboxylic acids is 1. The molecule has 0 spiro atoms. The lowest BCUT2D eigenvalue weighted by Crippen LogP contribution is -2.19. The Kier molecular flexibility index (Phi) is 3.99. The molecule has 2 rings (SSSR count). The summed E-state index contributed by atoms with van der Waals surface area (Å²) in [6, 6.07) is 3.55. The van der Waals surface area contributed by atoms with Gasteiger partial charge in [-0.15, -0.1) is 5.10 Å². The summed E-state index contributed by atoms with van der Waals surface area (Å²) in [5, 5.41) is 14.9. The molecular weight excluding hydrogens is 362 g/mol. The van der Waals surface area contributed by atoms with Crippen molar-refractivity contribution in [2.45, 2.75) is 12.7 Å². The summed E-state index contributed by atoms with van der Waals surface area (Å²) in [6.45, 7) is -0.467. The summed E-state index contributed by atoms with van der Waals surface area (Å²) < 4.78 is 52.7. The molecule has 1 heterocycles. The van der Waals surface area contributed by atoms with E-state index in [1.807, 2.05) is 0 Å². The topological polar surface area (TPSA) is 68.0 Å². The van der Waals surface area contributed by atoms with Crippen molar-refractivity contribution in [3.05, 3.63) is 45.4 Å². The zero-order valence-electron chi connectivity index (χ0n) is 10.0. The van der Waals surface area contributed by atoms with Crippen LogP contribution in [0.4, 0.5) is 17.6 Å². The average Bonchev–Trinajstić information content (AvgIpc) is 2.70. The lowest BCUT2D eigenvalue weighted by Gasteiger charge is -2.10. The van der Waals surface area contributed by atoms with E-state index in [0.717, 1.165) is 12.1 Å². The Bertz CT molecular complexity index is 679. The summed E-state index contributed by atoms with van der Waals surface area (Å²) in [6.07, 6.45) is -4.94. The van der Waals surface area contributed by atoms with Crippen molar-refractivity contribution in [2.75, 3.05) is 0 Å². The minimum absolute atomic E-state index is 0.175. The molecule has 0 aliphatic carbocycles. The number of benzene rings is 1. The maximum absolute atomic E-state index is 13.2. The molecule has 0 fully saturated rings. The van der Waals surface area contributed by atoms with Crippen LogP contribution in [0.3, 0.4) is 0 Å². The van der Waals surface area contributed by atoms with E-state index in [9.17, 15) is 22.4 Å². The van der Waals surface area contributed by atoms with E-state index >= 15 is 0 Å². The largest absolute Gasteiger partial charge is 0.476 e. The lowest BCUT2D eigenvalue weighted by atomic mass is 10.2. The van der Waals surface area contributed by atoms with Gasteiger partial charge in [0.05, 0.1) is 6.54 Å². The van der Waals surface area contributed by atoms with Crippen LogP contribution in [0.5, 0.6) is 0 Å². The first-order valence-corrected chi connectivity index (χ1v) is 6.16. The number of aromatic nitrogens is 3. The molecule has 0 radical (unpaired) electrons. The Morgan fingerprint density at radius 3 is 2.52 bits per heavy atom. The van der Waals surface area contributed by atoms with Gasteiger partial charge in [-0.1, -0.05) is 21.1 Å². The minimum atomic E-state index is -4.94. The van der Waals surface area contributed by atoms with Crippen LogP contribution in [-0.4, -0.2) is 26.1 Å². The highest BCUT2D eigenvalue weighted by Crippen LogP contribution is 2.31. The molecule has 0 amide bonds. The van der Waals surface area contributed by atoms with Crippen molar-refractivity contribution in [1.29, 1.82) is 0 Å². The number of hydrogen-bond donors (Lipinski definition) is 1. The maximum Gasteiger partial charge on any atom is 0.435 e. The molecule has 0 atom stereocenters. The van der Waals surface area contributed by atoms with E-state index in [1.54, 1.807) is 0 Å². The van der Waals surface area contributed by atoms with Gasteiger partial charge < -0.3 is 5.11 Å². The van der Waals surface area contributed by atoms with Gasteiger partial charge in [-0.25, -0.2) is 13.9 Å². The summed E-state index contributed by atoms with van der Waals surface area (Å²) in [5.41, 5.74) is -2.51. The number of aromatic carboxylic acids is 1. The quantitative estimate of drug-likeness (QED) is 0.846. The van der Waals surface area contributed by atoms with Gasteiger partial charge >= 0.3 is 12.1 Å². The number of rotatable bonds is 3. The SMILES string of the molecule is O=C(O)c1nnn(Cc2cc(F)cc(Br)c2)c1C(F)(F)F. The molecule has 0 aliphatic heterocycles.